The van der Waals surface area contributed by atoms with Crippen molar-refractivity contribution in [1.82, 2.24) is 4.98 Å². The van der Waals surface area contributed by atoms with E-state index in [1.807, 2.05) is 26.8 Å². The number of halogens is 1. The number of hydrogen-bond acceptors (Lipinski definition) is 2. The zero-order valence-electron chi connectivity index (χ0n) is 9.10. The molecular weight excluding hydrogens is 198 g/mol. The number of methoxy groups -OCH3 is 1. The maximum Gasteiger partial charge on any atom is 0.104 e. The zero-order chi connectivity index (χ0) is 10.8. The van der Waals surface area contributed by atoms with Gasteiger partial charge >= 0.3 is 0 Å². The number of hydrogen-bond donors (Lipinski definition) is 0. The predicted molar refractivity (Wildman–Crippen MR) is 58.6 cm³/mol. The number of nitrogens with zero attached hydrogens (tertiary/aromatic N) is 1. The van der Waals surface area contributed by atoms with Crippen LogP contribution in [0.4, 0.5) is 0 Å². The van der Waals surface area contributed by atoms with E-state index >= 15 is 0 Å². The number of pyridine rings is 1. The second-order valence-electron chi connectivity index (χ2n) is 3.80. The van der Waals surface area contributed by atoms with Crippen molar-refractivity contribution in [2.24, 2.45) is 0 Å². The monoisotopic (exact) mass is 213 g/mol. The number of ether oxygens (including phenoxy) is 1. The van der Waals surface area contributed by atoms with E-state index in [0.29, 0.717) is 5.88 Å². The van der Waals surface area contributed by atoms with Gasteiger partial charge in [-0.2, -0.15) is 0 Å². The maximum absolute atomic E-state index is 5.90. The molecular formula is C11H16ClNO. The second-order valence-corrected chi connectivity index (χ2v) is 4.07. The normalized spacial score (nSPS) is 11.8. The number of alkyl halides is 1. The molecule has 0 aliphatic heterocycles. The molecule has 0 fully saturated rings. The Balaban J connectivity index is 3.27. The van der Waals surface area contributed by atoms with Gasteiger partial charge in [0, 0.05) is 19.2 Å². The lowest BCUT2D eigenvalue weighted by atomic mass is 9.97. The third-order valence-electron chi connectivity index (χ3n) is 2.50. The average Bonchev–Trinajstić information content (AvgIpc) is 2.17. The average molecular weight is 214 g/mol. The molecule has 78 valence electrons. The maximum atomic E-state index is 5.90. The predicted octanol–water partition coefficient (Wildman–Crippen LogP) is 3.01. The van der Waals surface area contributed by atoms with E-state index < -0.39 is 0 Å². The zero-order valence-corrected chi connectivity index (χ0v) is 9.85. The Bertz CT molecular complexity index is 323. The lowest BCUT2D eigenvalue weighted by molar-refractivity contribution is 0.0148. The van der Waals surface area contributed by atoms with Gasteiger partial charge in [0.15, 0.2) is 0 Å². The van der Waals surface area contributed by atoms with Gasteiger partial charge in [-0.25, -0.2) is 0 Å². The first-order valence-corrected chi connectivity index (χ1v) is 5.12. The summed E-state index contributed by atoms with van der Waals surface area (Å²) in [5, 5.41) is 0. The van der Waals surface area contributed by atoms with Crippen LogP contribution in [0.2, 0.25) is 0 Å². The Morgan fingerprint density at radius 2 is 2.14 bits per heavy atom. The van der Waals surface area contributed by atoms with Crippen molar-refractivity contribution in [1.29, 1.82) is 0 Å². The lowest BCUT2D eigenvalue weighted by Crippen LogP contribution is -2.23. The van der Waals surface area contributed by atoms with Crippen LogP contribution in [0.1, 0.15) is 30.7 Å². The van der Waals surface area contributed by atoms with Gasteiger partial charge in [0.25, 0.3) is 0 Å². The summed E-state index contributed by atoms with van der Waals surface area (Å²) >= 11 is 5.90. The van der Waals surface area contributed by atoms with Gasteiger partial charge in [-0.1, -0.05) is 0 Å². The molecule has 1 heterocycles. The van der Waals surface area contributed by atoms with Crippen LogP contribution in [-0.2, 0) is 16.2 Å². The molecule has 0 bridgehead atoms. The largest absolute Gasteiger partial charge is 0.372 e. The number of aromatic nitrogens is 1. The van der Waals surface area contributed by atoms with Crippen LogP contribution >= 0.6 is 11.6 Å². The minimum absolute atomic E-state index is 0.379. The third kappa shape index (κ3) is 2.07. The minimum Gasteiger partial charge on any atom is -0.372 e. The van der Waals surface area contributed by atoms with E-state index in [0.717, 1.165) is 16.8 Å². The van der Waals surface area contributed by atoms with Crippen LogP contribution in [-0.4, -0.2) is 12.1 Å². The van der Waals surface area contributed by atoms with Crippen molar-refractivity contribution < 1.29 is 4.74 Å². The first kappa shape index (κ1) is 11.5. The fourth-order valence-electron chi connectivity index (χ4n) is 1.37. The van der Waals surface area contributed by atoms with E-state index in [1.54, 1.807) is 13.3 Å². The summed E-state index contributed by atoms with van der Waals surface area (Å²) in [6.07, 6.45) is 1.79. The van der Waals surface area contributed by atoms with Gasteiger partial charge in [0.05, 0.1) is 5.69 Å². The summed E-state index contributed by atoms with van der Waals surface area (Å²) < 4.78 is 5.40. The van der Waals surface area contributed by atoms with Gasteiger partial charge < -0.3 is 4.74 Å². The van der Waals surface area contributed by atoms with Gasteiger partial charge in [-0.3, -0.25) is 4.98 Å². The second kappa shape index (κ2) is 4.28. The Morgan fingerprint density at radius 1 is 1.50 bits per heavy atom. The van der Waals surface area contributed by atoms with E-state index in [-0.39, 0.29) is 5.60 Å². The molecule has 0 aromatic carbocycles. The van der Waals surface area contributed by atoms with Crippen LogP contribution in [0.5, 0.6) is 0 Å². The molecule has 3 heteroatoms. The Labute approximate surface area is 90.3 Å². The van der Waals surface area contributed by atoms with Gasteiger partial charge in [-0.15, -0.1) is 11.6 Å². The lowest BCUT2D eigenvalue weighted by Gasteiger charge is -2.25. The fourth-order valence-corrected chi connectivity index (χ4v) is 1.71. The molecule has 0 aliphatic rings. The molecule has 0 saturated carbocycles. The Morgan fingerprint density at radius 3 is 2.64 bits per heavy atom. The summed E-state index contributed by atoms with van der Waals surface area (Å²) in [6.45, 7) is 6.02. The molecule has 0 radical (unpaired) electrons. The summed E-state index contributed by atoms with van der Waals surface area (Å²) in [4.78, 5) is 4.34. The molecule has 0 atom stereocenters. The van der Waals surface area contributed by atoms with E-state index in [2.05, 4.69) is 4.98 Å². The minimum atomic E-state index is -0.379. The first-order chi connectivity index (χ1) is 6.53. The molecule has 0 saturated heterocycles. The van der Waals surface area contributed by atoms with Crippen molar-refractivity contribution in [3.05, 3.63) is 29.1 Å². The van der Waals surface area contributed by atoms with Crippen LogP contribution in [0.15, 0.2) is 12.3 Å². The molecule has 0 aliphatic carbocycles. The van der Waals surface area contributed by atoms with Crippen molar-refractivity contribution in [2.75, 3.05) is 7.11 Å². The Kier molecular flexibility index (Phi) is 3.51. The van der Waals surface area contributed by atoms with E-state index in [1.165, 1.54) is 0 Å². The fraction of sp³-hybridized carbons (Fsp3) is 0.545. The van der Waals surface area contributed by atoms with Crippen molar-refractivity contribution in [3.8, 4) is 0 Å². The molecule has 0 N–H and O–H groups in total. The molecule has 0 spiro atoms. The van der Waals surface area contributed by atoms with Crippen LogP contribution < -0.4 is 0 Å². The van der Waals surface area contributed by atoms with Crippen LogP contribution in [0.3, 0.4) is 0 Å². The van der Waals surface area contributed by atoms with Crippen molar-refractivity contribution in [3.63, 3.8) is 0 Å². The quantitative estimate of drug-likeness (QED) is 0.721. The van der Waals surface area contributed by atoms with E-state index in [4.69, 9.17) is 16.3 Å². The smallest absolute Gasteiger partial charge is 0.104 e. The highest BCUT2D eigenvalue weighted by atomic mass is 35.5. The van der Waals surface area contributed by atoms with Crippen molar-refractivity contribution >= 4 is 11.6 Å². The molecule has 0 amide bonds. The SMILES string of the molecule is COC(C)(C)c1nccc(C)c1CCl. The topological polar surface area (TPSA) is 22.1 Å². The number of aryl methyl sites for hydroxylation is 1. The summed E-state index contributed by atoms with van der Waals surface area (Å²) in [5.74, 6) is 0.474. The van der Waals surface area contributed by atoms with Gasteiger partial charge in [-0.05, 0) is 38.0 Å². The highest BCUT2D eigenvalue weighted by Crippen LogP contribution is 2.27. The summed E-state index contributed by atoms with van der Waals surface area (Å²) in [7, 11) is 1.68. The van der Waals surface area contributed by atoms with Crippen LogP contribution in [0.25, 0.3) is 0 Å². The van der Waals surface area contributed by atoms with E-state index in [9.17, 15) is 0 Å². The van der Waals surface area contributed by atoms with Crippen molar-refractivity contribution in [2.45, 2.75) is 32.3 Å². The highest BCUT2D eigenvalue weighted by molar-refractivity contribution is 6.17. The molecule has 1 aromatic heterocycles. The van der Waals surface area contributed by atoms with Crippen LogP contribution in [0, 0.1) is 6.92 Å². The molecule has 2 nitrogen and oxygen atoms in total. The molecule has 1 rings (SSSR count). The highest BCUT2D eigenvalue weighted by Gasteiger charge is 2.24. The molecule has 14 heavy (non-hydrogen) atoms. The molecule has 0 unspecified atom stereocenters. The first-order valence-electron chi connectivity index (χ1n) is 4.59. The Hall–Kier alpha value is -0.600. The van der Waals surface area contributed by atoms with Gasteiger partial charge in [0.2, 0.25) is 0 Å². The summed E-state index contributed by atoms with van der Waals surface area (Å²) in [5.41, 5.74) is 2.78. The molecule has 1 aromatic rings. The number of rotatable bonds is 3. The standard InChI is InChI=1S/C11H16ClNO/c1-8-5-6-13-10(9(8)7-12)11(2,3)14-4/h5-6H,7H2,1-4H3. The van der Waals surface area contributed by atoms with Gasteiger partial charge in [0.1, 0.15) is 5.60 Å². The third-order valence-corrected chi connectivity index (χ3v) is 2.77. The summed E-state index contributed by atoms with van der Waals surface area (Å²) in [6, 6.07) is 1.97.